The number of unbranched alkanes of at least 4 members (excludes halogenated alkanes) is 12. The molecule has 1 nitrogen and oxygen atoms in total. The number of hydrogen-bond acceptors (Lipinski definition) is 1. The number of hydrogen-bond donors (Lipinski definition) is 0. The highest BCUT2D eigenvalue weighted by molar-refractivity contribution is 5.69. The van der Waals surface area contributed by atoms with E-state index in [0.29, 0.717) is 0 Å². The molecule has 0 saturated heterocycles. The van der Waals surface area contributed by atoms with Crippen molar-refractivity contribution in [1.29, 1.82) is 0 Å². The molecule has 0 aromatic heterocycles. The van der Waals surface area contributed by atoms with Crippen LogP contribution < -0.4 is 4.90 Å². The summed E-state index contributed by atoms with van der Waals surface area (Å²) in [6, 6.07) is 16.2. The monoisotopic (exact) mass is 505 g/mol. The number of anilines is 2. The van der Waals surface area contributed by atoms with Gasteiger partial charge in [0.25, 0.3) is 0 Å². The van der Waals surface area contributed by atoms with Crippen LogP contribution in [0.1, 0.15) is 147 Å². The van der Waals surface area contributed by atoms with Crippen molar-refractivity contribution in [2.75, 3.05) is 11.4 Å². The van der Waals surface area contributed by atoms with E-state index in [1.807, 2.05) is 0 Å². The van der Waals surface area contributed by atoms with Gasteiger partial charge in [-0.15, -0.1) is 0 Å². The number of benzene rings is 2. The van der Waals surface area contributed by atoms with Gasteiger partial charge in [0.15, 0.2) is 0 Å². The van der Waals surface area contributed by atoms with E-state index in [1.54, 1.807) is 16.7 Å². The molecule has 0 fully saturated rings. The van der Waals surface area contributed by atoms with E-state index >= 15 is 0 Å². The minimum absolute atomic E-state index is 1.12. The van der Waals surface area contributed by atoms with Gasteiger partial charge in [-0.2, -0.15) is 0 Å². The fourth-order valence-corrected chi connectivity index (χ4v) is 5.70. The molecule has 0 aliphatic heterocycles. The third-order valence-electron chi connectivity index (χ3n) is 7.96. The zero-order valence-corrected chi connectivity index (χ0v) is 25.1. The van der Waals surface area contributed by atoms with Crippen molar-refractivity contribution < 1.29 is 0 Å². The lowest BCUT2D eigenvalue weighted by atomic mass is 9.88. The van der Waals surface area contributed by atoms with Crippen LogP contribution in [0.2, 0.25) is 0 Å². The van der Waals surface area contributed by atoms with Crippen LogP contribution in [0.5, 0.6) is 0 Å². The molecule has 0 aliphatic carbocycles. The second-order valence-electron chi connectivity index (χ2n) is 11.2. The quantitative estimate of drug-likeness (QED) is 0.144. The molecule has 37 heavy (non-hydrogen) atoms. The molecule has 0 amide bonds. The van der Waals surface area contributed by atoms with Gasteiger partial charge in [-0.3, -0.25) is 0 Å². The fraction of sp³-hybridized carbons (Fsp3) is 0.667. The van der Waals surface area contributed by atoms with E-state index in [2.05, 4.69) is 75.1 Å². The average Bonchev–Trinajstić information content (AvgIpc) is 2.93. The maximum Gasteiger partial charge on any atom is 0.0446 e. The Morgan fingerprint density at radius 2 is 0.973 bits per heavy atom. The lowest BCUT2D eigenvalue weighted by Gasteiger charge is -2.30. The minimum atomic E-state index is 1.12. The second kappa shape index (κ2) is 20.2. The Balaban J connectivity index is 2.46. The van der Waals surface area contributed by atoms with Gasteiger partial charge < -0.3 is 4.90 Å². The van der Waals surface area contributed by atoms with Crippen LogP contribution in [0.25, 0.3) is 0 Å². The molecule has 0 radical (unpaired) electrons. The molecule has 0 heterocycles. The molecule has 0 aliphatic rings. The molecule has 0 saturated carbocycles. The molecule has 0 atom stereocenters. The van der Waals surface area contributed by atoms with Crippen molar-refractivity contribution in [3.8, 4) is 0 Å². The lowest BCUT2D eigenvalue weighted by molar-refractivity contribution is 0.637. The Kier molecular flexibility index (Phi) is 17.2. The summed E-state index contributed by atoms with van der Waals surface area (Å²) in [5.41, 5.74) is 7.92. The zero-order valence-electron chi connectivity index (χ0n) is 25.1. The van der Waals surface area contributed by atoms with Crippen molar-refractivity contribution >= 4 is 11.4 Å². The summed E-state index contributed by atoms with van der Waals surface area (Å²) in [6.45, 7) is 10.4. The maximum atomic E-state index is 2.67. The van der Waals surface area contributed by atoms with Crippen LogP contribution in [0.15, 0.2) is 42.5 Å². The highest BCUT2D eigenvalue weighted by atomic mass is 15.1. The van der Waals surface area contributed by atoms with Crippen LogP contribution in [0, 0.1) is 0 Å². The first-order chi connectivity index (χ1) is 18.3. The summed E-state index contributed by atoms with van der Waals surface area (Å²) in [5, 5.41) is 0. The second-order valence-corrected chi connectivity index (χ2v) is 11.2. The minimum Gasteiger partial charge on any atom is -0.341 e. The average molecular weight is 506 g/mol. The molecule has 208 valence electrons. The molecular weight excluding hydrogens is 446 g/mol. The van der Waals surface area contributed by atoms with Gasteiger partial charge in [0.05, 0.1) is 0 Å². The molecule has 0 bridgehead atoms. The van der Waals surface area contributed by atoms with Crippen LogP contribution in [-0.2, 0) is 19.3 Å². The first kappa shape index (κ1) is 31.5. The molecule has 1 heteroatoms. The molecule has 0 spiro atoms. The van der Waals surface area contributed by atoms with Crippen LogP contribution in [0.4, 0.5) is 11.4 Å². The summed E-state index contributed by atoms with van der Waals surface area (Å²) in [4.78, 5) is 2.67. The Morgan fingerprint density at radius 3 is 1.54 bits per heavy atom. The van der Waals surface area contributed by atoms with Crippen molar-refractivity contribution in [1.82, 2.24) is 0 Å². The lowest BCUT2D eigenvalue weighted by Crippen LogP contribution is -2.21. The van der Waals surface area contributed by atoms with Crippen LogP contribution in [-0.4, -0.2) is 6.54 Å². The van der Waals surface area contributed by atoms with E-state index in [0.717, 1.165) is 6.54 Å². The van der Waals surface area contributed by atoms with Gasteiger partial charge in [0.1, 0.15) is 0 Å². The van der Waals surface area contributed by atoms with Crippen LogP contribution >= 0.6 is 0 Å². The predicted molar refractivity (Wildman–Crippen MR) is 168 cm³/mol. The standard InChI is InChI=1S/C36H59N/c1-5-9-13-18-24-32-29-30-36(37(31-23-16-12-8-4)33-25-19-17-20-26-33)35(28-22-15-11-7-3)34(32)27-21-14-10-6-2/h17,19-20,25-26,29-30H,5-16,18,21-24,27-28,31H2,1-4H3. The van der Waals surface area contributed by atoms with Gasteiger partial charge in [-0.25, -0.2) is 0 Å². The molecule has 0 N–H and O–H groups in total. The number of para-hydroxylation sites is 1. The van der Waals surface area contributed by atoms with E-state index in [4.69, 9.17) is 0 Å². The van der Waals surface area contributed by atoms with Gasteiger partial charge >= 0.3 is 0 Å². The summed E-state index contributed by atoms with van der Waals surface area (Å²) in [5.74, 6) is 0. The van der Waals surface area contributed by atoms with Gasteiger partial charge in [-0.1, -0.05) is 129 Å². The number of rotatable bonds is 22. The third kappa shape index (κ3) is 11.7. The molecular formula is C36H59N. The zero-order chi connectivity index (χ0) is 26.6. The topological polar surface area (TPSA) is 3.24 Å². The summed E-state index contributed by atoms with van der Waals surface area (Å²) >= 11 is 0. The smallest absolute Gasteiger partial charge is 0.0446 e. The van der Waals surface area contributed by atoms with Crippen molar-refractivity contribution in [2.45, 2.75) is 150 Å². The van der Waals surface area contributed by atoms with Crippen LogP contribution in [0.3, 0.4) is 0 Å². The Bertz CT molecular complexity index is 809. The largest absolute Gasteiger partial charge is 0.341 e. The summed E-state index contributed by atoms with van der Waals surface area (Å²) in [6.07, 6.45) is 25.1. The van der Waals surface area contributed by atoms with Crippen molar-refractivity contribution in [2.24, 2.45) is 0 Å². The summed E-state index contributed by atoms with van der Waals surface area (Å²) < 4.78 is 0. The van der Waals surface area contributed by atoms with E-state index in [1.165, 1.54) is 133 Å². The Morgan fingerprint density at radius 1 is 0.459 bits per heavy atom. The van der Waals surface area contributed by atoms with Gasteiger partial charge in [0.2, 0.25) is 0 Å². The fourth-order valence-electron chi connectivity index (χ4n) is 5.70. The Labute approximate surface area is 231 Å². The van der Waals surface area contributed by atoms with E-state index < -0.39 is 0 Å². The Hall–Kier alpha value is -1.76. The maximum absolute atomic E-state index is 2.67. The van der Waals surface area contributed by atoms with Gasteiger partial charge in [-0.05, 0) is 79.8 Å². The predicted octanol–water partition coefficient (Wildman–Crippen LogP) is 11.8. The first-order valence-corrected chi connectivity index (χ1v) is 16.2. The third-order valence-corrected chi connectivity index (χ3v) is 7.96. The summed E-state index contributed by atoms with van der Waals surface area (Å²) in [7, 11) is 0. The van der Waals surface area contributed by atoms with E-state index in [-0.39, 0.29) is 0 Å². The molecule has 2 rings (SSSR count). The number of aryl methyl sites for hydroxylation is 1. The SMILES string of the molecule is CCCCCCc1ccc(N(CCCCCC)c2ccccc2)c(CCCCCC)c1CCCCCC. The van der Waals surface area contributed by atoms with E-state index in [9.17, 15) is 0 Å². The van der Waals surface area contributed by atoms with Crippen molar-refractivity contribution in [3.05, 3.63) is 59.2 Å². The molecule has 0 unspecified atom stereocenters. The first-order valence-electron chi connectivity index (χ1n) is 16.2. The molecule has 2 aromatic rings. The highest BCUT2D eigenvalue weighted by Gasteiger charge is 2.19. The highest BCUT2D eigenvalue weighted by Crippen LogP contribution is 2.35. The van der Waals surface area contributed by atoms with Gasteiger partial charge in [0, 0.05) is 17.9 Å². The van der Waals surface area contributed by atoms with Crippen molar-refractivity contribution in [3.63, 3.8) is 0 Å². The molecule has 2 aromatic carbocycles. The normalized spacial score (nSPS) is 11.2. The number of nitrogens with zero attached hydrogens (tertiary/aromatic N) is 1.